The molecule has 1 aromatic carbocycles. The van der Waals surface area contributed by atoms with E-state index in [4.69, 9.17) is 0 Å². The minimum absolute atomic E-state index is 0.409. The van der Waals surface area contributed by atoms with E-state index in [9.17, 15) is 0 Å². The molecule has 1 unspecified atom stereocenters. The molecule has 1 N–H and O–H groups in total. The van der Waals surface area contributed by atoms with Gasteiger partial charge in [-0.15, -0.1) is 0 Å². The van der Waals surface area contributed by atoms with Gasteiger partial charge in [-0.25, -0.2) is 0 Å². The van der Waals surface area contributed by atoms with Gasteiger partial charge in [-0.05, 0) is 75.1 Å². The number of fused-ring (bicyclic) bond motifs is 2. The molecule has 2 nitrogen and oxygen atoms in total. The molecule has 0 saturated carbocycles. The largest absolute Gasteiger partial charge is 0.382 e. The van der Waals surface area contributed by atoms with Crippen molar-refractivity contribution in [2.75, 3.05) is 13.1 Å². The summed E-state index contributed by atoms with van der Waals surface area (Å²) in [5.41, 5.74) is 4.61. The van der Waals surface area contributed by atoms with E-state index in [1.165, 1.54) is 57.2 Å². The van der Waals surface area contributed by atoms with Crippen LogP contribution in [0.4, 0.5) is 0 Å². The molecular formula is C22H34N2. The topological polar surface area (TPSA) is 15.3 Å². The fraction of sp³-hybridized carbons (Fsp3) is 0.636. The molecule has 1 aromatic rings. The number of piperidine rings is 1. The SMILES string of the molecule is C=C(C)NC1CCC2(CCN(C(CC)CC)CC2)c2ccccc21. The van der Waals surface area contributed by atoms with Crippen molar-refractivity contribution in [1.29, 1.82) is 0 Å². The molecule has 1 atom stereocenters. The monoisotopic (exact) mass is 326 g/mol. The Labute approximate surface area is 148 Å². The second kappa shape index (κ2) is 7.31. The van der Waals surface area contributed by atoms with E-state index in [1.54, 1.807) is 5.56 Å². The average Bonchev–Trinajstić information content (AvgIpc) is 2.60. The van der Waals surface area contributed by atoms with Gasteiger partial charge in [0.1, 0.15) is 0 Å². The third kappa shape index (κ3) is 3.26. The molecule has 3 rings (SSSR count). The maximum atomic E-state index is 4.06. The summed E-state index contributed by atoms with van der Waals surface area (Å²) in [5, 5.41) is 3.60. The van der Waals surface area contributed by atoms with Crippen LogP contribution >= 0.6 is 0 Å². The molecule has 2 aliphatic rings. The van der Waals surface area contributed by atoms with Crippen molar-refractivity contribution >= 4 is 0 Å². The van der Waals surface area contributed by atoms with Crippen LogP contribution in [0.15, 0.2) is 36.5 Å². The molecule has 1 spiro atoms. The van der Waals surface area contributed by atoms with Crippen LogP contribution < -0.4 is 5.32 Å². The molecule has 1 saturated heterocycles. The normalized spacial score (nSPS) is 23.2. The summed E-state index contributed by atoms with van der Waals surface area (Å²) in [6, 6.07) is 10.4. The number of benzene rings is 1. The van der Waals surface area contributed by atoms with Crippen LogP contribution in [-0.4, -0.2) is 24.0 Å². The first-order chi connectivity index (χ1) is 11.6. The van der Waals surface area contributed by atoms with Crippen molar-refractivity contribution in [2.45, 2.75) is 76.8 Å². The Balaban J connectivity index is 1.81. The van der Waals surface area contributed by atoms with Gasteiger partial charge >= 0.3 is 0 Å². The summed E-state index contributed by atoms with van der Waals surface area (Å²) in [6.07, 6.45) is 7.75. The molecule has 1 heterocycles. The van der Waals surface area contributed by atoms with Gasteiger partial charge in [0.05, 0.1) is 6.04 Å². The van der Waals surface area contributed by atoms with Crippen LogP contribution in [0.2, 0.25) is 0 Å². The number of nitrogens with zero attached hydrogens (tertiary/aromatic N) is 1. The lowest BCUT2D eigenvalue weighted by atomic mass is 9.63. The maximum absolute atomic E-state index is 4.06. The zero-order chi connectivity index (χ0) is 17.2. The van der Waals surface area contributed by atoms with Crippen LogP contribution in [0.3, 0.4) is 0 Å². The Bertz CT molecular complexity index is 565. The van der Waals surface area contributed by atoms with Gasteiger partial charge in [-0.1, -0.05) is 44.7 Å². The molecule has 1 fully saturated rings. The van der Waals surface area contributed by atoms with Gasteiger partial charge in [0, 0.05) is 11.7 Å². The molecule has 1 aliphatic heterocycles. The molecule has 1 aliphatic carbocycles. The highest BCUT2D eigenvalue weighted by molar-refractivity contribution is 5.40. The minimum Gasteiger partial charge on any atom is -0.382 e. The third-order valence-electron chi connectivity index (χ3n) is 6.45. The number of hydrogen-bond acceptors (Lipinski definition) is 2. The number of rotatable bonds is 5. The molecule has 2 heteroatoms. The van der Waals surface area contributed by atoms with E-state index < -0.39 is 0 Å². The van der Waals surface area contributed by atoms with E-state index in [-0.39, 0.29) is 0 Å². The van der Waals surface area contributed by atoms with Crippen LogP contribution in [0, 0.1) is 0 Å². The standard InChI is InChI=1S/C22H34N2/c1-5-18(6-2)24-15-13-22(14-16-24)12-11-21(23-17(3)4)19-9-7-8-10-20(19)22/h7-10,18,21,23H,3,5-6,11-16H2,1-2,4H3. The number of nitrogens with one attached hydrogen (secondary N) is 1. The van der Waals surface area contributed by atoms with E-state index in [0.717, 1.165) is 11.7 Å². The van der Waals surface area contributed by atoms with E-state index in [0.29, 0.717) is 11.5 Å². The van der Waals surface area contributed by atoms with Crippen LogP contribution in [-0.2, 0) is 5.41 Å². The lowest BCUT2D eigenvalue weighted by molar-refractivity contribution is 0.0971. The number of allylic oxidation sites excluding steroid dienone is 1. The predicted molar refractivity (Wildman–Crippen MR) is 103 cm³/mol. The average molecular weight is 327 g/mol. The van der Waals surface area contributed by atoms with Crippen molar-refractivity contribution in [1.82, 2.24) is 10.2 Å². The van der Waals surface area contributed by atoms with Gasteiger partial charge in [0.2, 0.25) is 0 Å². The number of hydrogen-bond donors (Lipinski definition) is 1. The van der Waals surface area contributed by atoms with Crippen molar-refractivity contribution in [3.8, 4) is 0 Å². The lowest BCUT2D eigenvalue weighted by Gasteiger charge is -2.49. The zero-order valence-electron chi connectivity index (χ0n) is 15.8. The highest BCUT2D eigenvalue weighted by Crippen LogP contribution is 2.48. The highest BCUT2D eigenvalue weighted by Gasteiger charge is 2.42. The van der Waals surface area contributed by atoms with Gasteiger partial charge < -0.3 is 10.2 Å². The van der Waals surface area contributed by atoms with Crippen LogP contribution in [0.5, 0.6) is 0 Å². The van der Waals surface area contributed by atoms with Gasteiger partial charge in [-0.2, -0.15) is 0 Å². The Morgan fingerprint density at radius 1 is 1.21 bits per heavy atom. The summed E-state index contributed by atoms with van der Waals surface area (Å²) in [4.78, 5) is 2.74. The number of likely N-dealkylation sites (tertiary alicyclic amines) is 1. The van der Waals surface area contributed by atoms with E-state index in [2.05, 4.69) is 61.8 Å². The van der Waals surface area contributed by atoms with E-state index >= 15 is 0 Å². The van der Waals surface area contributed by atoms with Crippen LogP contribution in [0.1, 0.15) is 76.5 Å². The van der Waals surface area contributed by atoms with Gasteiger partial charge in [0.15, 0.2) is 0 Å². The van der Waals surface area contributed by atoms with Gasteiger partial charge in [-0.3, -0.25) is 0 Å². The Kier molecular flexibility index (Phi) is 5.34. The first kappa shape index (κ1) is 17.5. The summed E-state index contributed by atoms with van der Waals surface area (Å²) in [7, 11) is 0. The summed E-state index contributed by atoms with van der Waals surface area (Å²) >= 11 is 0. The molecule has 24 heavy (non-hydrogen) atoms. The molecule has 132 valence electrons. The maximum Gasteiger partial charge on any atom is 0.0513 e. The first-order valence-electron chi connectivity index (χ1n) is 9.85. The second-order valence-electron chi connectivity index (χ2n) is 7.89. The highest BCUT2D eigenvalue weighted by atomic mass is 15.2. The third-order valence-corrected chi connectivity index (χ3v) is 6.45. The van der Waals surface area contributed by atoms with Crippen molar-refractivity contribution in [3.05, 3.63) is 47.7 Å². The second-order valence-corrected chi connectivity index (χ2v) is 7.89. The summed E-state index contributed by atoms with van der Waals surface area (Å²) in [6.45, 7) is 13.3. The lowest BCUT2D eigenvalue weighted by Crippen LogP contribution is -2.48. The molecule has 0 radical (unpaired) electrons. The minimum atomic E-state index is 0.409. The molecule has 0 amide bonds. The zero-order valence-corrected chi connectivity index (χ0v) is 15.8. The first-order valence-corrected chi connectivity index (χ1v) is 9.85. The van der Waals surface area contributed by atoms with E-state index in [1.807, 2.05) is 0 Å². The fourth-order valence-corrected chi connectivity index (χ4v) is 5.08. The van der Waals surface area contributed by atoms with Crippen LogP contribution in [0.25, 0.3) is 0 Å². The quantitative estimate of drug-likeness (QED) is 0.803. The predicted octanol–water partition coefficient (Wildman–Crippen LogP) is 5.17. The smallest absolute Gasteiger partial charge is 0.0513 e. The Hall–Kier alpha value is -1.28. The Morgan fingerprint density at radius 3 is 2.50 bits per heavy atom. The summed E-state index contributed by atoms with van der Waals surface area (Å²) < 4.78 is 0. The summed E-state index contributed by atoms with van der Waals surface area (Å²) in [5.74, 6) is 0. The molecule has 0 aromatic heterocycles. The van der Waals surface area contributed by atoms with Gasteiger partial charge in [0.25, 0.3) is 0 Å². The van der Waals surface area contributed by atoms with Crippen molar-refractivity contribution in [3.63, 3.8) is 0 Å². The molecule has 0 bridgehead atoms. The van der Waals surface area contributed by atoms with Crippen molar-refractivity contribution < 1.29 is 0 Å². The fourth-order valence-electron chi connectivity index (χ4n) is 5.08. The molecular weight excluding hydrogens is 292 g/mol. The van der Waals surface area contributed by atoms with Crippen molar-refractivity contribution in [2.24, 2.45) is 0 Å². The Morgan fingerprint density at radius 2 is 1.88 bits per heavy atom.